The van der Waals surface area contributed by atoms with Crippen molar-refractivity contribution in [3.05, 3.63) is 59.7 Å². The summed E-state index contributed by atoms with van der Waals surface area (Å²) in [6.07, 6.45) is -4.77. The molecule has 1 aliphatic heterocycles. The van der Waals surface area contributed by atoms with Gasteiger partial charge in [-0.2, -0.15) is 0 Å². The van der Waals surface area contributed by atoms with Crippen molar-refractivity contribution in [3.63, 3.8) is 0 Å². The molecule has 1 fully saturated rings. The van der Waals surface area contributed by atoms with Gasteiger partial charge in [0.05, 0.1) is 6.54 Å². The lowest BCUT2D eigenvalue weighted by molar-refractivity contribution is -0.274. The molecule has 0 radical (unpaired) electrons. The Morgan fingerprint density at radius 1 is 0.941 bits per heavy atom. The molecule has 8 nitrogen and oxygen atoms in total. The quantitative estimate of drug-likeness (QED) is 0.639. The fraction of sp³-hybridized carbons (Fsp3) is 0.348. The Morgan fingerprint density at radius 2 is 1.56 bits per heavy atom. The summed E-state index contributed by atoms with van der Waals surface area (Å²) in [7, 11) is 0. The van der Waals surface area contributed by atoms with Crippen LogP contribution in [0.2, 0.25) is 0 Å². The van der Waals surface area contributed by atoms with Crippen LogP contribution in [0.5, 0.6) is 5.75 Å². The number of ether oxygens (including phenoxy) is 1. The lowest BCUT2D eigenvalue weighted by atomic mass is 10.1. The molecule has 2 N–H and O–H groups in total. The van der Waals surface area contributed by atoms with E-state index in [0.717, 1.165) is 17.7 Å². The number of nitrogens with one attached hydrogen (secondary N) is 2. The second-order valence-electron chi connectivity index (χ2n) is 7.80. The van der Waals surface area contributed by atoms with E-state index in [9.17, 15) is 27.6 Å². The molecule has 3 amide bonds. The standard InChI is InChI=1S/C23H25F3N4O4/c1-16(31)27-14-17-2-4-18(5-3-17)22(33)30-12-10-29(11-13-30)15-21(32)28-19-6-8-20(9-7-19)34-23(24,25)26/h2-9H,10-15H2,1H3,(H,27,31)(H,28,32). The molecule has 34 heavy (non-hydrogen) atoms. The molecule has 182 valence electrons. The van der Waals surface area contributed by atoms with E-state index >= 15 is 0 Å². The minimum Gasteiger partial charge on any atom is -0.406 e. The van der Waals surface area contributed by atoms with E-state index in [0.29, 0.717) is 44.0 Å². The van der Waals surface area contributed by atoms with Gasteiger partial charge in [-0.05, 0) is 42.0 Å². The SMILES string of the molecule is CC(=O)NCc1ccc(C(=O)N2CCN(CC(=O)Nc3ccc(OC(F)(F)F)cc3)CC2)cc1. The third-order valence-electron chi connectivity index (χ3n) is 5.14. The lowest BCUT2D eigenvalue weighted by Gasteiger charge is -2.34. The van der Waals surface area contributed by atoms with Crippen molar-refractivity contribution in [2.24, 2.45) is 0 Å². The van der Waals surface area contributed by atoms with Gasteiger partial charge in [0.1, 0.15) is 5.75 Å². The Hall–Kier alpha value is -3.60. The highest BCUT2D eigenvalue weighted by molar-refractivity contribution is 5.94. The van der Waals surface area contributed by atoms with Gasteiger partial charge in [-0.1, -0.05) is 12.1 Å². The van der Waals surface area contributed by atoms with E-state index in [2.05, 4.69) is 15.4 Å². The molecule has 0 unspecified atom stereocenters. The van der Waals surface area contributed by atoms with Crippen LogP contribution in [-0.2, 0) is 16.1 Å². The number of anilines is 1. The van der Waals surface area contributed by atoms with Crippen LogP contribution in [0.25, 0.3) is 0 Å². The van der Waals surface area contributed by atoms with E-state index in [1.807, 2.05) is 4.90 Å². The van der Waals surface area contributed by atoms with Gasteiger partial charge in [-0.15, -0.1) is 13.2 Å². The van der Waals surface area contributed by atoms with Crippen molar-refractivity contribution in [1.82, 2.24) is 15.1 Å². The number of rotatable bonds is 7. The van der Waals surface area contributed by atoms with Crippen LogP contribution in [0.3, 0.4) is 0 Å². The zero-order valence-electron chi connectivity index (χ0n) is 18.5. The number of alkyl halides is 3. The predicted molar refractivity (Wildman–Crippen MR) is 118 cm³/mol. The van der Waals surface area contributed by atoms with E-state index in [1.54, 1.807) is 29.2 Å². The van der Waals surface area contributed by atoms with Gasteiger partial charge in [-0.25, -0.2) is 0 Å². The molecule has 3 rings (SSSR count). The normalized spacial score (nSPS) is 14.4. The summed E-state index contributed by atoms with van der Waals surface area (Å²) in [5.74, 6) is -0.899. The smallest absolute Gasteiger partial charge is 0.406 e. The molecular formula is C23H25F3N4O4. The van der Waals surface area contributed by atoms with Gasteiger partial charge in [0.25, 0.3) is 5.91 Å². The first-order valence-corrected chi connectivity index (χ1v) is 10.6. The van der Waals surface area contributed by atoms with Gasteiger partial charge >= 0.3 is 6.36 Å². The summed E-state index contributed by atoms with van der Waals surface area (Å²) in [6, 6.07) is 12.0. The van der Waals surface area contributed by atoms with Gasteiger partial charge in [-0.3, -0.25) is 19.3 Å². The summed E-state index contributed by atoms with van der Waals surface area (Å²) in [5, 5.41) is 5.34. The average Bonchev–Trinajstić information content (AvgIpc) is 2.78. The van der Waals surface area contributed by atoms with Crippen molar-refractivity contribution < 1.29 is 32.3 Å². The van der Waals surface area contributed by atoms with Crippen LogP contribution in [0, 0.1) is 0 Å². The maximum atomic E-state index is 12.7. The number of piperazine rings is 1. The number of hydrogen-bond donors (Lipinski definition) is 2. The monoisotopic (exact) mass is 478 g/mol. The van der Waals surface area contributed by atoms with Crippen LogP contribution in [0.4, 0.5) is 18.9 Å². The van der Waals surface area contributed by atoms with Crippen molar-refractivity contribution in [3.8, 4) is 5.75 Å². The third kappa shape index (κ3) is 7.77. The van der Waals surface area contributed by atoms with E-state index in [4.69, 9.17) is 0 Å². The Kier molecular flexibility index (Phi) is 8.11. The number of halogens is 3. The minimum atomic E-state index is -4.77. The zero-order chi connectivity index (χ0) is 24.7. The Balaban J connectivity index is 1.43. The molecule has 1 aliphatic rings. The summed E-state index contributed by atoms with van der Waals surface area (Å²) in [5.41, 5.74) is 1.80. The van der Waals surface area contributed by atoms with E-state index < -0.39 is 6.36 Å². The molecule has 2 aromatic carbocycles. The molecule has 0 spiro atoms. The third-order valence-corrected chi connectivity index (χ3v) is 5.14. The van der Waals surface area contributed by atoms with Crippen molar-refractivity contribution >= 4 is 23.4 Å². The second-order valence-corrected chi connectivity index (χ2v) is 7.80. The fourth-order valence-corrected chi connectivity index (χ4v) is 3.43. The average molecular weight is 478 g/mol. The van der Waals surface area contributed by atoms with Crippen LogP contribution in [-0.4, -0.2) is 66.6 Å². The largest absolute Gasteiger partial charge is 0.573 e. The summed E-state index contributed by atoms with van der Waals surface area (Å²) in [4.78, 5) is 39.6. The number of hydrogen-bond acceptors (Lipinski definition) is 5. The summed E-state index contributed by atoms with van der Waals surface area (Å²) in [6.45, 7) is 3.88. The highest BCUT2D eigenvalue weighted by Crippen LogP contribution is 2.24. The van der Waals surface area contributed by atoms with Gasteiger partial charge in [0.2, 0.25) is 11.8 Å². The summed E-state index contributed by atoms with van der Waals surface area (Å²) >= 11 is 0. The van der Waals surface area contributed by atoms with Crippen LogP contribution < -0.4 is 15.4 Å². The second kappa shape index (κ2) is 11.0. The van der Waals surface area contributed by atoms with E-state index in [1.165, 1.54) is 19.1 Å². The maximum absolute atomic E-state index is 12.7. The van der Waals surface area contributed by atoms with Crippen molar-refractivity contribution in [2.75, 3.05) is 38.0 Å². The fourth-order valence-electron chi connectivity index (χ4n) is 3.43. The number of carbonyl (C=O) groups is 3. The highest BCUT2D eigenvalue weighted by Gasteiger charge is 2.31. The number of benzene rings is 2. The highest BCUT2D eigenvalue weighted by atomic mass is 19.4. The molecule has 0 saturated carbocycles. The van der Waals surface area contributed by atoms with Crippen molar-refractivity contribution in [1.29, 1.82) is 0 Å². The first-order valence-electron chi connectivity index (χ1n) is 10.6. The van der Waals surface area contributed by atoms with Crippen LogP contribution >= 0.6 is 0 Å². The van der Waals surface area contributed by atoms with Crippen LogP contribution in [0.1, 0.15) is 22.8 Å². The Labute approximate surface area is 194 Å². The minimum absolute atomic E-state index is 0.0979. The van der Waals surface area contributed by atoms with Gasteiger partial charge < -0.3 is 20.3 Å². The Morgan fingerprint density at radius 3 is 2.12 bits per heavy atom. The Bertz CT molecular complexity index is 1000. The molecule has 0 bridgehead atoms. The van der Waals surface area contributed by atoms with Crippen molar-refractivity contribution in [2.45, 2.75) is 19.8 Å². The van der Waals surface area contributed by atoms with E-state index in [-0.39, 0.29) is 30.0 Å². The number of carbonyl (C=O) groups excluding carboxylic acids is 3. The first kappa shape index (κ1) is 25.0. The van der Waals surface area contributed by atoms with Crippen LogP contribution in [0.15, 0.2) is 48.5 Å². The summed E-state index contributed by atoms with van der Waals surface area (Å²) < 4.78 is 40.5. The molecular weight excluding hydrogens is 453 g/mol. The molecule has 0 aromatic heterocycles. The molecule has 2 aromatic rings. The maximum Gasteiger partial charge on any atom is 0.573 e. The predicted octanol–water partition coefficient (Wildman–Crippen LogP) is 2.62. The molecule has 1 saturated heterocycles. The lowest BCUT2D eigenvalue weighted by Crippen LogP contribution is -2.50. The number of nitrogens with zero attached hydrogens (tertiary/aromatic N) is 2. The van der Waals surface area contributed by atoms with Gasteiger partial charge in [0.15, 0.2) is 0 Å². The molecule has 0 atom stereocenters. The number of amides is 3. The molecule has 11 heteroatoms. The molecule has 0 aliphatic carbocycles. The zero-order valence-corrected chi connectivity index (χ0v) is 18.5. The van der Waals surface area contributed by atoms with Gasteiger partial charge in [0, 0.05) is 50.9 Å². The topological polar surface area (TPSA) is 91.0 Å². The first-order chi connectivity index (χ1) is 16.1. The molecule has 1 heterocycles.